The lowest BCUT2D eigenvalue weighted by molar-refractivity contribution is 1.27. The summed E-state index contributed by atoms with van der Waals surface area (Å²) in [6.07, 6.45) is 7.60. The van der Waals surface area contributed by atoms with Crippen LogP contribution in [-0.2, 0) is 0 Å². The van der Waals surface area contributed by atoms with E-state index >= 15 is 0 Å². The Balaban J connectivity index is 2.31. The smallest absolute Gasteiger partial charge is 0.137 e. The molecule has 3 aromatic heterocycles. The third kappa shape index (κ3) is 1.60. The first-order chi connectivity index (χ1) is 8.25. The Labute approximate surface area is 99.5 Å². The van der Waals surface area contributed by atoms with Crippen molar-refractivity contribution in [2.24, 2.45) is 0 Å². The largest absolute Gasteiger partial charge is 0.346 e. The minimum atomic E-state index is 0.932. The van der Waals surface area contributed by atoms with Crippen molar-refractivity contribution in [3.05, 3.63) is 48.0 Å². The second-order valence-electron chi connectivity index (χ2n) is 4.30. The standard InChI is InChI=1S/C14H13N3/c1-9-5-12-13(8-17-14(12)16-6-9)11-3-4-15-7-10(11)2/h3-8H,1-2H3,(H,16,17). The number of aromatic nitrogens is 3. The van der Waals surface area contributed by atoms with Crippen LogP contribution in [0.25, 0.3) is 22.2 Å². The van der Waals surface area contributed by atoms with Crippen LogP contribution in [0, 0.1) is 13.8 Å². The second-order valence-corrected chi connectivity index (χ2v) is 4.30. The van der Waals surface area contributed by atoms with E-state index in [1.165, 1.54) is 27.6 Å². The molecule has 0 aliphatic rings. The quantitative estimate of drug-likeness (QED) is 0.688. The van der Waals surface area contributed by atoms with Crippen LogP contribution >= 0.6 is 0 Å². The molecular formula is C14H13N3. The van der Waals surface area contributed by atoms with Gasteiger partial charge in [-0.2, -0.15) is 0 Å². The lowest BCUT2D eigenvalue weighted by Crippen LogP contribution is -1.84. The molecule has 3 heteroatoms. The van der Waals surface area contributed by atoms with Crippen LogP contribution in [0.5, 0.6) is 0 Å². The van der Waals surface area contributed by atoms with Crippen molar-refractivity contribution in [3.63, 3.8) is 0 Å². The molecule has 3 heterocycles. The molecule has 3 nitrogen and oxygen atoms in total. The molecule has 0 saturated carbocycles. The van der Waals surface area contributed by atoms with Gasteiger partial charge < -0.3 is 4.98 Å². The molecule has 3 rings (SSSR count). The zero-order valence-corrected chi connectivity index (χ0v) is 9.86. The molecule has 0 amide bonds. The zero-order chi connectivity index (χ0) is 11.8. The number of rotatable bonds is 1. The fourth-order valence-corrected chi connectivity index (χ4v) is 2.11. The highest BCUT2D eigenvalue weighted by Crippen LogP contribution is 2.29. The number of pyridine rings is 2. The molecule has 0 bridgehead atoms. The Bertz CT molecular complexity index is 683. The number of fused-ring (bicyclic) bond motifs is 1. The number of aromatic amines is 1. The Morgan fingerprint density at radius 1 is 1.12 bits per heavy atom. The first-order valence-corrected chi connectivity index (χ1v) is 5.60. The molecule has 0 radical (unpaired) electrons. The van der Waals surface area contributed by atoms with Crippen LogP contribution in [0.2, 0.25) is 0 Å². The van der Waals surface area contributed by atoms with Crippen molar-refractivity contribution in [1.29, 1.82) is 0 Å². The molecule has 0 unspecified atom stereocenters. The van der Waals surface area contributed by atoms with Gasteiger partial charge in [0.15, 0.2) is 0 Å². The summed E-state index contributed by atoms with van der Waals surface area (Å²) in [6, 6.07) is 4.20. The molecule has 0 aliphatic heterocycles. The van der Waals surface area contributed by atoms with E-state index in [9.17, 15) is 0 Å². The van der Waals surface area contributed by atoms with E-state index in [2.05, 4.69) is 34.9 Å². The number of nitrogens with one attached hydrogen (secondary N) is 1. The summed E-state index contributed by atoms with van der Waals surface area (Å²) in [5, 5.41) is 1.17. The third-order valence-corrected chi connectivity index (χ3v) is 2.98. The number of aryl methyl sites for hydroxylation is 2. The minimum Gasteiger partial charge on any atom is -0.346 e. The zero-order valence-electron chi connectivity index (χ0n) is 9.86. The molecule has 0 aliphatic carbocycles. The number of hydrogen-bond donors (Lipinski definition) is 1. The average molecular weight is 223 g/mol. The van der Waals surface area contributed by atoms with E-state index in [1.807, 2.05) is 30.9 Å². The average Bonchev–Trinajstić information content (AvgIpc) is 2.72. The molecular weight excluding hydrogens is 210 g/mol. The van der Waals surface area contributed by atoms with Gasteiger partial charge in [-0.1, -0.05) is 0 Å². The SMILES string of the molecule is Cc1cnc2[nH]cc(-c3ccncc3C)c2c1. The van der Waals surface area contributed by atoms with Crippen molar-refractivity contribution in [2.75, 3.05) is 0 Å². The molecule has 3 aromatic rings. The fraction of sp³-hybridized carbons (Fsp3) is 0.143. The summed E-state index contributed by atoms with van der Waals surface area (Å²) in [6.45, 7) is 4.13. The van der Waals surface area contributed by atoms with E-state index in [0.29, 0.717) is 0 Å². The summed E-state index contributed by atoms with van der Waals surface area (Å²) in [5.41, 5.74) is 5.68. The monoisotopic (exact) mass is 223 g/mol. The Morgan fingerprint density at radius 2 is 2.00 bits per heavy atom. The van der Waals surface area contributed by atoms with Crippen LogP contribution in [-0.4, -0.2) is 15.0 Å². The van der Waals surface area contributed by atoms with Crippen molar-refractivity contribution < 1.29 is 0 Å². The fourth-order valence-electron chi connectivity index (χ4n) is 2.11. The molecule has 84 valence electrons. The summed E-state index contributed by atoms with van der Waals surface area (Å²) < 4.78 is 0. The van der Waals surface area contributed by atoms with Crippen LogP contribution < -0.4 is 0 Å². The maximum Gasteiger partial charge on any atom is 0.137 e. The molecule has 0 atom stereocenters. The van der Waals surface area contributed by atoms with E-state index in [0.717, 1.165) is 5.65 Å². The van der Waals surface area contributed by atoms with Crippen molar-refractivity contribution in [3.8, 4) is 11.1 Å². The maximum atomic E-state index is 4.39. The summed E-state index contributed by atoms with van der Waals surface area (Å²) in [5.74, 6) is 0. The topological polar surface area (TPSA) is 41.6 Å². The van der Waals surface area contributed by atoms with Gasteiger partial charge >= 0.3 is 0 Å². The number of nitrogens with zero attached hydrogens (tertiary/aromatic N) is 2. The van der Waals surface area contributed by atoms with Crippen LogP contribution in [0.3, 0.4) is 0 Å². The van der Waals surface area contributed by atoms with E-state index in [4.69, 9.17) is 0 Å². The van der Waals surface area contributed by atoms with Crippen molar-refractivity contribution in [2.45, 2.75) is 13.8 Å². The molecule has 0 aromatic carbocycles. The van der Waals surface area contributed by atoms with Gasteiger partial charge in [0.05, 0.1) is 0 Å². The highest BCUT2D eigenvalue weighted by molar-refractivity contribution is 5.94. The summed E-state index contributed by atoms with van der Waals surface area (Å²) in [4.78, 5) is 11.7. The van der Waals surface area contributed by atoms with Gasteiger partial charge in [0, 0.05) is 35.7 Å². The Morgan fingerprint density at radius 3 is 2.82 bits per heavy atom. The molecule has 0 saturated heterocycles. The minimum absolute atomic E-state index is 0.932. The maximum absolute atomic E-state index is 4.39. The Kier molecular flexibility index (Phi) is 2.18. The Hall–Kier alpha value is -2.16. The molecule has 0 spiro atoms. The first kappa shape index (κ1) is 10.0. The molecule has 17 heavy (non-hydrogen) atoms. The number of hydrogen-bond acceptors (Lipinski definition) is 2. The van der Waals surface area contributed by atoms with Gasteiger partial charge in [-0.05, 0) is 42.7 Å². The van der Waals surface area contributed by atoms with E-state index in [-0.39, 0.29) is 0 Å². The van der Waals surface area contributed by atoms with Crippen molar-refractivity contribution >= 4 is 11.0 Å². The summed E-state index contributed by atoms with van der Waals surface area (Å²) >= 11 is 0. The van der Waals surface area contributed by atoms with Gasteiger partial charge in [0.1, 0.15) is 5.65 Å². The van der Waals surface area contributed by atoms with Gasteiger partial charge in [-0.15, -0.1) is 0 Å². The van der Waals surface area contributed by atoms with E-state index < -0.39 is 0 Å². The lowest BCUT2D eigenvalue weighted by atomic mass is 10.0. The number of H-pyrrole nitrogens is 1. The predicted octanol–water partition coefficient (Wildman–Crippen LogP) is 3.24. The normalized spacial score (nSPS) is 10.9. The van der Waals surface area contributed by atoms with Crippen LogP contribution in [0.4, 0.5) is 0 Å². The van der Waals surface area contributed by atoms with Crippen molar-refractivity contribution in [1.82, 2.24) is 15.0 Å². The highest BCUT2D eigenvalue weighted by atomic mass is 14.8. The highest BCUT2D eigenvalue weighted by Gasteiger charge is 2.08. The predicted molar refractivity (Wildman–Crippen MR) is 68.8 cm³/mol. The lowest BCUT2D eigenvalue weighted by Gasteiger charge is -2.03. The molecule has 0 fully saturated rings. The van der Waals surface area contributed by atoms with Gasteiger partial charge in [-0.25, -0.2) is 4.98 Å². The van der Waals surface area contributed by atoms with Gasteiger partial charge in [-0.3, -0.25) is 4.98 Å². The van der Waals surface area contributed by atoms with Crippen LogP contribution in [0.15, 0.2) is 36.9 Å². The molecule has 1 N–H and O–H groups in total. The second kappa shape index (κ2) is 3.70. The summed E-state index contributed by atoms with van der Waals surface area (Å²) in [7, 11) is 0. The van der Waals surface area contributed by atoms with Gasteiger partial charge in [0.25, 0.3) is 0 Å². The third-order valence-electron chi connectivity index (χ3n) is 2.98. The van der Waals surface area contributed by atoms with E-state index in [1.54, 1.807) is 0 Å². The van der Waals surface area contributed by atoms with Gasteiger partial charge in [0.2, 0.25) is 0 Å². The van der Waals surface area contributed by atoms with Crippen LogP contribution in [0.1, 0.15) is 11.1 Å². The first-order valence-electron chi connectivity index (χ1n) is 5.60.